The molecule has 0 spiro atoms. The molecule has 2 amide bonds. The van der Waals surface area contributed by atoms with Gasteiger partial charge in [0.15, 0.2) is 0 Å². The molecule has 0 radical (unpaired) electrons. The van der Waals surface area contributed by atoms with Crippen molar-refractivity contribution in [3.63, 3.8) is 0 Å². The van der Waals surface area contributed by atoms with Gasteiger partial charge in [-0.15, -0.1) is 0 Å². The summed E-state index contributed by atoms with van der Waals surface area (Å²) >= 11 is 0. The summed E-state index contributed by atoms with van der Waals surface area (Å²) in [5, 5.41) is 0.861. The Kier molecular flexibility index (Phi) is 14.6. The highest BCUT2D eigenvalue weighted by atomic mass is 16.7. The maximum absolute atomic E-state index is 13.0. The Balaban J connectivity index is 0.826. The number of ether oxygens (including phenoxy) is 4. The molecular formula is C44H51N3O10. The van der Waals surface area contributed by atoms with Crippen LogP contribution in [0.3, 0.4) is 0 Å². The summed E-state index contributed by atoms with van der Waals surface area (Å²) in [6.45, 7) is 3.25. The predicted octanol–water partition coefficient (Wildman–Crippen LogP) is 4.64. The van der Waals surface area contributed by atoms with Crippen LogP contribution in [0.5, 0.6) is 0 Å². The molecule has 2 bridgehead atoms. The number of carbonyl (C=O) groups excluding carboxylic acids is 5. The summed E-state index contributed by atoms with van der Waals surface area (Å²) in [5.74, 6) is -2.75. The van der Waals surface area contributed by atoms with E-state index in [2.05, 4.69) is 77.7 Å². The molecule has 1 saturated carbocycles. The van der Waals surface area contributed by atoms with Crippen molar-refractivity contribution in [3.05, 3.63) is 120 Å². The highest BCUT2D eigenvalue weighted by molar-refractivity contribution is 5.85. The van der Waals surface area contributed by atoms with Gasteiger partial charge in [0, 0.05) is 39.1 Å². The Morgan fingerprint density at radius 1 is 0.667 bits per heavy atom. The highest BCUT2D eigenvalue weighted by Crippen LogP contribution is 2.48. The second-order valence-corrected chi connectivity index (χ2v) is 14.3. The van der Waals surface area contributed by atoms with E-state index in [0.717, 1.165) is 34.5 Å². The van der Waals surface area contributed by atoms with Crippen LogP contribution >= 0.6 is 0 Å². The molecule has 3 aromatic rings. The zero-order valence-electron chi connectivity index (χ0n) is 32.3. The lowest BCUT2D eigenvalue weighted by molar-refractivity contribution is -0.197. The largest absolute Gasteiger partial charge is 0.463 e. The van der Waals surface area contributed by atoms with Gasteiger partial charge in [0.2, 0.25) is 0 Å². The maximum atomic E-state index is 13.0. The summed E-state index contributed by atoms with van der Waals surface area (Å²) < 4.78 is 21.6. The first-order valence-corrected chi connectivity index (χ1v) is 19.6. The summed E-state index contributed by atoms with van der Waals surface area (Å²) in [6.07, 6.45) is 4.58. The molecule has 13 nitrogen and oxygen atoms in total. The number of hydrogen-bond acceptors (Lipinski definition) is 11. The zero-order chi connectivity index (χ0) is 40.0. The topological polar surface area (TPSA) is 141 Å². The number of carbonyl (C=O) groups is 5. The number of hydroxylamine groups is 2. The van der Waals surface area contributed by atoms with E-state index in [4.69, 9.17) is 23.8 Å². The van der Waals surface area contributed by atoms with Gasteiger partial charge in [-0.3, -0.25) is 14.5 Å². The molecule has 0 aromatic heterocycles. The van der Waals surface area contributed by atoms with Crippen molar-refractivity contribution < 1.29 is 47.8 Å². The van der Waals surface area contributed by atoms with E-state index in [9.17, 15) is 24.0 Å². The van der Waals surface area contributed by atoms with Crippen molar-refractivity contribution in [2.45, 2.75) is 24.8 Å². The fourth-order valence-electron chi connectivity index (χ4n) is 8.25. The normalized spacial score (nSPS) is 20.2. The van der Waals surface area contributed by atoms with Crippen molar-refractivity contribution in [2.75, 3.05) is 72.9 Å². The van der Waals surface area contributed by atoms with Crippen LogP contribution < -0.4 is 0 Å². The molecule has 1 heterocycles. The van der Waals surface area contributed by atoms with Crippen molar-refractivity contribution >= 4 is 30.2 Å². The van der Waals surface area contributed by atoms with E-state index >= 15 is 0 Å². The third-order valence-electron chi connectivity index (χ3n) is 10.9. The number of fused-ring (bicyclic) bond motifs is 2. The van der Waals surface area contributed by atoms with Gasteiger partial charge >= 0.3 is 18.0 Å². The molecule has 4 unspecified atom stereocenters. The molecule has 4 atom stereocenters. The van der Waals surface area contributed by atoms with E-state index < -0.39 is 35.2 Å². The van der Waals surface area contributed by atoms with Crippen LogP contribution in [0.1, 0.15) is 36.0 Å². The van der Waals surface area contributed by atoms with Gasteiger partial charge in [0.05, 0.1) is 50.7 Å². The van der Waals surface area contributed by atoms with Crippen molar-refractivity contribution in [2.24, 2.45) is 23.7 Å². The van der Waals surface area contributed by atoms with E-state index in [1.54, 1.807) is 4.90 Å². The fraction of sp³-hybridized carbons (Fsp3) is 0.432. The lowest BCUT2D eigenvalue weighted by Gasteiger charge is -2.48. The second-order valence-electron chi connectivity index (χ2n) is 14.3. The Morgan fingerprint density at radius 2 is 1.16 bits per heavy atom. The molecule has 2 aliphatic carbocycles. The number of nitrogens with zero attached hydrogens (tertiary/aromatic N) is 3. The van der Waals surface area contributed by atoms with Gasteiger partial charge in [-0.2, -0.15) is 5.06 Å². The zero-order valence-corrected chi connectivity index (χ0v) is 32.3. The van der Waals surface area contributed by atoms with Crippen LogP contribution in [0, 0.1) is 23.7 Å². The molecular weight excluding hydrogens is 730 g/mol. The number of allylic oxidation sites excluding steroid dienone is 2. The molecule has 1 aliphatic heterocycles. The standard InChI is InChI=1S/C44H51N3O10/c1-45(42(51)41-34-18-17-33(31-34)38(41)32-48)57-40(50)20-19-39(49)55-29-27-53-25-26-54-28-30-56-43(52)46-21-23-47(24-22-46)44(35-11-5-2-6-12-35,36-13-7-3-8-14-36)37-15-9-4-10-16-37/h2-18,32-34,38,41H,19-31H2,1H3. The first-order valence-electron chi connectivity index (χ1n) is 19.6. The number of esters is 1. The predicted molar refractivity (Wildman–Crippen MR) is 208 cm³/mol. The molecule has 57 heavy (non-hydrogen) atoms. The first kappa shape index (κ1) is 41.3. The summed E-state index contributed by atoms with van der Waals surface area (Å²) in [6, 6.07) is 31.5. The number of rotatable bonds is 18. The summed E-state index contributed by atoms with van der Waals surface area (Å²) in [7, 11) is 1.33. The van der Waals surface area contributed by atoms with Crippen LogP contribution in [-0.4, -0.2) is 118 Å². The number of piperazine rings is 1. The van der Waals surface area contributed by atoms with Gasteiger partial charge in [-0.1, -0.05) is 103 Å². The van der Waals surface area contributed by atoms with E-state index in [-0.39, 0.29) is 70.4 Å². The van der Waals surface area contributed by atoms with Crippen LogP contribution in [0.4, 0.5) is 4.79 Å². The minimum atomic E-state index is -0.752. The summed E-state index contributed by atoms with van der Waals surface area (Å²) in [5.41, 5.74) is 2.95. The number of benzene rings is 3. The van der Waals surface area contributed by atoms with Gasteiger partial charge < -0.3 is 33.5 Å². The molecule has 0 N–H and O–H groups in total. The SMILES string of the molecule is CN(OC(=O)CCC(=O)OCCOCCOCCOC(=O)N1CCN(C(c2ccccc2)(c2ccccc2)c2ccccc2)CC1)C(=O)C1C2C=CC(C2)C1C=O. The minimum absolute atomic E-state index is 0.00878. The van der Waals surface area contributed by atoms with E-state index in [1.165, 1.54) is 7.05 Å². The monoisotopic (exact) mass is 781 g/mol. The smallest absolute Gasteiger partial charge is 0.409 e. The lowest BCUT2D eigenvalue weighted by Crippen LogP contribution is -2.57. The van der Waals surface area contributed by atoms with Crippen molar-refractivity contribution in [1.82, 2.24) is 14.9 Å². The van der Waals surface area contributed by atoms with Gasteiger partial charge in [0.25, 0.3) is 5.91 Å². The van der Waals surface area contributed by atoms with E-state index in [1.807, 2.05) is 30.4 Å². The molecule has 13 heteroatoms. The Labute approximate surface area is 333 Å². The quantitative estimate of drug-likeness (QED) is 0.0445. The third kappa shape index (κ3) is 9.96. The average Bonchev–Trinajstić information content (AvgIpc) is 3.87. The third-order valence-corrected chi connectivity index (χ3v) is 10.9. The van der Waals surface area contributed by atoms with Crippen LogP contribution in [-0.2, 0) is 48.5 Å². The van der Waals surface area contributed by atoms with Gasteiger partial charge in [-0.05, 0) is 34.9 Å². The maximum Gasteiger partial charge on any atom is 0.409 e. The summed E-state index contributed by atoms with van der Waals surface area (Å²) in [4.78, 5) is 70.9. The lowest BCUT2D eigenvalue weighted by atomic mass is 9.75. The highest BCUT2D eigenvalue weighted by Gasteiger charge is 2.49. The van der Waals surface area contributed by atoms with Crippen molar-refractivity contribution in [1.29, 1.82) is 0 Å². The Hall–Kier alpha value is -5.37. The molecule has 302 valence electrons. The Bertz CT molecular complexity index is 1720. The fourth-order valence-corrected chi connectivity index (χ4v) is 8.25. The van der Waals surface area contributed by atoms with Crippen LogP contribution in [0.25, 0.3) is 0 Å². The first-order chi connectivity index (χ1) is 27.8. The molecule has 2 fully saturated rings. The molecule has 3 aliphatic rings. The Morgan fingerprint density at radius 3 is 1.70 bits per heavy atom. The van der Waals surface area contributed by atoms with Crippen molar-refractivity contribution in [3.8, 4) is 0 Å². The second kappa shape index (κ2) is 20.2. The molecule has 3 aromatic carbocycles. The number of aldehydes is 1. The molecule has 6 rings (SSSR count). The minimum Gasteiger partial charge on any atom is -0.463 e. The molecule has 1 saturated heterocycles. The van der Waals surface area contributed by atoms with Crippen LogP contribution in [0.15, 0.2) is 103 Å². The van der Waals surface area contributed by atoms with E-state index in [0.29, 0.717) is 26.2 Å². The number of amides is 2. The van der Waals surface area contributed by atoms with Gasteiger partial charge in [-0.25, -0.2) is 9.59 Å². The van der Waals surface area contributed by atoms with Gasteiger partial charge in [0.1, 0.15) is 19.5 Å². The average molecular weight is 782 g/mol. The number of hydrogen-bond donors (Lipinski definition) is 0. The van der Waals surface area contributed by atoms with Crippen LogP contribution in [0.2, 0.25) is 0 Å².